The van der Waals surface area contributed by atoms with Crippen LogP contribution in [0.5, 0.6) is 0 Å². The maximum Gasteiger partial charge on any atom is 0.209 e. The SMILES string of the molecule is O=CN(CCCc1ccccc1)CCCc1ccccc1. The fourth-order valence-electron chi connectivity index (χ4n) is 2.48. The van der Waals surface area contributed by atoms with E-state index in [1.54, 1.807) is 0 Å². The lowest BCUT2D eigenvalue weighted by molar-refractivity contribution is -0.118. The number of aryl methyl sites for hydroxylation is 2. The van der Waals surface area contributed by atoms with Crippen LogP contribution < -0.4 is 0 Å². The van der Waals surface area contributed by atoms with E-state index in [4.69, 9.17) is 0 Å². The third kappa shape index (κ3) is 5.82. The lowest BCUT2D eigenvalue weighted by Crippen LogP contribution is -2.25. The molecule has 21 heavy (non-hydrogen) atoms. The lowest BCUT2D eigenvalue weighted by Gasteiger charge is -2.17. The zero-order valence-electron chi connectivity index (χ0n) is 12.4. The van der Waals surface area contributed by atoms with Gasteiger partial charge in [-0.2, -0.15) is 0 Å². The fraction of sp³-hybridized carbons (Fsp3) is 0.316. The van der Waals surface area contributed by atoms with E-state index in [1.807, 2.05) is 17.0 Å². The molecule has 2 heteroatoms. The van der Waals surface area contributed by atoms with E-state index in [9.17, 15) is 4.79 Å². The first-order valence-electron chi connectivity index (χ1n) is 7.65. The van der Waals surface area contributed by atoms with Gasteiger partial charge in [0.1, 0.15) is 0 Å². The molecular weight excluding hydrogens is 258 g/mol. The monoisotopic (exact) mass is 281 g/mol. The van der Waals surface area contributed by atoms with Crippen LogP contribution in [-0.4, -0.2) is 24.4 Å². The van der Waals surface area contributed by atoms with Gasteiger partial charge in [-0.3, -0.25) is 4.79 Å². The number of hydrogen-bond donors (Lipinski definition) is 0. The molecule has 0 fully saturated rings. The highest BCUT2D eigenvalue weighted by Gasteiger charge is 2.02. The van der Waals surface area contributed by atoms with Crippen LogP contribution in [0, 0.1) is 0 Å². The molecule has 0 heterocycles. The van der Waals surface area contributed by atoms with Crippen molar-refractivity contribution in [1.82, 2.24) is 4.90 Å². The fourth-order valence-corrected chi connectivity index (χ4v) is 2.48. The van der Waals surface area contributed by atoms with Gasteiger partial charge in [0.05, 0.1) is 0 Å². The van der Waals surface area contributed by atoms with Gasteiger partial charge in [-0.25, -0.2) is 0 Å². The van der Waals surface area contributed by atoms with Gasteiger partial charge in [0.15, 0.2) is 0 Å². The number of amides is 1. The first-order valence-corrected chi connectivity index (χ1v) is 7.65. The standard InChI is InChI=1S/C19H23NO/c21-17-20(15-7-13-18-9-3-1-4-10-18)16-8-14-19-11-5-2-6-12-19/h1-6,9-12,17H,7-8,13-16H2. The predicted molar refractivity (Wildman–Crippen MR) is 87.2 cm³/mol. The number of hydrogen-bond acceptors (Lipinski definition) is 1. The average Bonchev–Trinajstić information content (AvgIpc) is 2.55. The maximum atomic E-state index is 11.1. The summed E-state index contributed by atoms with van der Waals surface area (Å²) in [7, 11) is 0. The summed E-state index contributed by atoms with van der Waals surface area (Å²) in [4.78, 5) is 13.0. The second-order valence-corrected chi connectivity index (χ2v) is 5.32. The molecule has 0 aromatic heterocycles. The summed E-state index contributed by atoms with van der Waals surface area (Å²) in [5.41, 5.74) is 2.68. The molecule has 2 rings (SSSR count). The van der Waals surface area contributed by atoms with Gasteiger partial charge in [-0.05, 0) is 36.8 Å². The normalized spacial score (nSPS) is 10.3. The number of rotatable bonds is 9. The van der Waals surface area contributed by atoms with Crippen LogP contribution in [0.3, 0.4) is 0 Å². The molecule has 110 valence electrons. The van der Waals surface area contributed by atoms with Crippen molar-refractivity contribution in [2.45, 2.75) is 25.7 Å². The number of nitrogens with zero attached hydrogens (tertiary/aromatic N) is 1. The Kier molecular flexibility index (Phi) is 6.53. The van der Waals surface area contributed by atoms with Crippen molar-refractivity contribution in [2.75, 3.05) is 13.1 Å². The van der Waals surface area contributed by atoms with Crippen molar-refractivity contribution in [1.29, 1.82) is 0 Å². The van der Waals surface area contributed by atoms with Crippen molar-refractivity contribution in [3.8, 4) is 0 Å². The molecule has 0 aliphatic heterocycles. The molecule has 0 unspecified atom stereocenters. The molecule has 2 aromatic carbocycles. The Morgan fingerprint density at radius 3 is 1.52 bits per heavy atom. The highest BCUT2D eigenvalue weighted by atomic mass is 16.1. The highest BCUT2D eigenvalue weighted by molar-refractivity contribution is 5.46. The van der Waals surface area contributed by atoms with Gasteiger partial charge in [-0.15, -0.1) is 0 Å². The first-order chi connectivity index (χ1) is 10.4. The first kappa shape index (κ1) is 15.3. The molecule has 2 nitrogen and oxygen atoms in total. The molecular formula is C19H23NO. The minimum Gasteiger partial charge on any atom is -0.345 e. The summed E-state index contributed by atoms with van der Waals surface area (Å²) in [6.45, 7) is 1.68. The topological polar surface area (TPSA) is 20.3 Å². The summed E-state index contributed by atoms with van der Waals surface area (Å²) < 4.78 is 0. The summed E-state index contributed by atoms with van der Waals surface area (Å²) in [5.74, 6) is 0. The van der Waals surface area contributed by atoms with Gasteiger partial charge in [0.2, 0.25) is 6.41 Å². The van der Waals surface area contributed by atoms with Crippen LogP contribution in [0.25, 0.3) is 0 Å². The molecule has 0 aliphatic carbocycles. The average molecular weight is 281 g/mol. The van der Waals surface area contributed by atoms with Crippen LogP contribution in [0.15, 0.2) is 60.7 Å². The zero-order chi connectivity index (χ0) is 14.8. The quantitative estimate of drug-likeness (QED) is 0.642. The maximum absolute atomic E-state index is 11.1. The molecule has 0 saturated heterocycles. The number of benzene rings is 2. The van der Waals surface area contributed by atoms with Crippen molar-refractivity contribution >= 4 is 6.41 Å². The van der Waals surface area contributed by atoms with E-state index in [2.05, 4.69) is 48.5 Å². The second kappa shape index (κ2) is 8.96. The van der Waals surface area contributed by atoms with Crippen molar-refractivity contribution < 1.29 is 4.79 Å². The van der Waals surface area contributed by atoms with Crippen LogP contribution in [0.4, 0.5) is 0 Å². The van der Waals surface area contributed by atoms with Crippen molar-refractivity contribution in [3.05, 3.63) is 71.8 Å². The Morgan fingerprint density at radius 2 is 1.14 bits per heavy atom. The minimum absolute atomic E-state index is 0.840. The Hall–Kier alpha value is -2.09. The summed E-state index contributed by atoms with van der Waals surface area (Å²) in [5, 5.41) is 0. The minimum atomic E-state index is 0.840. The van der Waals surface area contributed by atoms with Crippen molar-refractivity contribution in [2.24, 2.45) is 0 Å². The van der Waals surface area contributed by atoms with Gasteiger partial charge < -0.3 is 4.90 Å². The van der Waals surface area contributed by atoms with Crippen LogP contribution in [-0.2, 0) is 17.6 Å². The van der Waals surface area contributed by atoms with Crippen LogP contribution in [0.1, 0.15) is 24.0 Å². The van der Waals surface area contributed by atoms with Gasteiger partial charge in [0.25, 0.3) is 0 Å². The third-order valence-corrected chi connectivity index (χ3v) is 3.66. The Labute approximate surface area is 127 Å². The molecule has 0 saturated carbocycles. The molecule has 0 radical (unpaired) electrons. The molecule has 0 spiro atoms. The summed E-state index contributed by atoms with van der Waals surface area (Å²) >= 11 is 0. The largest absolute Gasteiger partial charge is 0.345 e. The van der Waals surface area contributed by atoms with Crippen LogP contribution >= 0.6 is 0 Å². The highest BCUT2D eigenvalue weighted by Crippen LogP contribution is 2.05. The molecule has 2 aromatic rings. The van der Waals surface area contributed by atoms with E-state index in [1.165, 1.54) is 11.1 Å². The summed E-state index contributed by atoms with van der Waals surface area (Å²) in [6.07, 6.45) is 5.09. The zero-order valence-corrected chi connectivity index (χ0v) is 12.4. The number of carbonyl (C=O) groups is 1. The Bertz CT molecular complexity index is 464. The lowest BCUT2D eigenvalue weighted by atomic mass is 10.1. The van der Waals surface area contributed by atoms with E-state index < -0.39 is 0 Å². The van der Waals surface area contributed by atoms with E-state index in [0.717, 1.165) is 45.2 Å². The molecule has 0 aliphatic rings. The van der Waals surface area contributed by atoms with E-state index in [-0.39, 0.29) is 0 Å². The van der Waals surface area contributed by atoms with Gasteiger partial charge in [0, 0.05) is 13.1 Å². The molecule has 0 bridgehead atoms. The number of carbonyl (C=O) groups excluding carboxylic acids is 1. The summed E-state index contributed by atoms with van der Waals surface area (Å²) in [6, 6.07) is 20.9. The van der Waals surface area contributed by atoms with E-state index >= 15 is 0 Å². The Morgan fingerprint density at radius 1 is 0.714 bits per heavy atom. The van der Waals surface area contributed by atoms with E-state index in [0.29, 0.717) is 0 Å². The third-order valence-electron chi connectivity index (χ3n) is 3.66. The predicted octanol–water partition coefficient (Wildman–Crippen LogP) is 3.71. The molecule has 0 atom stereocenters. The Balaban J connectivity index is 1.65. The van der Waals surface area contributed by atoms with Crippen molar-refractivity contribution in [3.63, 3.8) is 0 Å². The smallest absolute Gasteiger partial charge is 0.209 e. The van der Waals surface area contributed by atoms with Gasteiger partial charge in [-0.1, -0.05) is 60.7 Å². The van der Waals surface area contributed by atoms with Crippen LogP contribution in [0.2, 0.25) is 0 Å². The van der Waals surface area contributed by atoms with Gasteiger partial charge >= 0.3 is 0 Å². The molecule has 0 N–H and O–H groups in total. The molecule has 1 amide bonds. The second-order valence-electron chi connectivity index (χ2n) is 5.32.